The first-order valence-electron chi connectivity index (χ1n) is 5.66. The third kappa shape index (κ3) is 4.76. The number of hydrogen-bond donors (Lipinski definition) is 2. The summed E-state index contributed by atoms with van der Waals surface area (Å²) in [5.74, 6) is 0.740. The molecule has 1 aromatic rings. The van der Waals surface area contributed by atoms with Crippen LogP contribution in [0.25, 0.3) is 0 Å². The molecule has 0 heterocycles. The maximum atomic E-state index is 11.5. The Labute approximate surface area is 102 Å². The first-order chi connectivity index (χ1) is 7.89. The maximum absolute atomic E-state index is 11.5. The lowest BCUT2D eigenvalue weighted by Gasteiger charge is -2.17. The molecule has 1 aromatic carbocycles. The Morgan fingerprint density at radius 3 is 2.71 bits per heavy atom. The molecule has 0 unspecified atom stereocenters. The third-order valence-corrected chi connectivity index (χ3v) is 2.20. The largest absolute Gasteiger partial charge is 0.492 e. The molecule has 17 heavy (non-hydrogen) atoms. The van der Waals surface area contributed by atoms with Crippen molar-refractivity contribution in [3.63, 3.8) is 0 Å². The van der Waals surface area contributed by atoms with E-state index in [1.54, 1.807) is 12.1 Å². The molecule has 0 saturated carbocycles. The summed E-state index contributed by atoms with van der Waals surface area (Å²) >= 11 is 0. The number of anilines is 1. The van der Waals surface area contributed by atoms with Crippen LogP contribution in [0.5, 0.6) is 5.75 Å². The molecule has 0 saturated heterocycles. The van der Waals surface area contributed by atoms with Gasteiger partial charge in [0.05, 0.1) is 6.54 Å². The van der Waals surface area contributed by atoms with Gasteiger partial charge in [0.2, 0.25) is 5.91 Å². The fourth-order valence-corrected chi connectivity index (χ4v) is 1.20. The predicted octanol–water partition coefficient (Wildman–Crippen LogP) is 1.81. The van der Waals surface area contributed by atoms with Crippen molar-refractivity contribution >= 4 is 11.6 Å². The molecule has 0 spiro atoms. The van der Waals surface area contributed by atoms with Crippen molar-refractivity contribution in [3.8, 4) is 5.75 Å². The fourth-order valence-electron chi connectivity index (χ4n) is 1.20. The van der Waals surface area contributed by atoms with Gasteiger partial charge in [-0.2, -0.15) is 0 Å². The van der Waals surface area contributed by atoms with E-state index in [2.05, 4.69) is 5.32 Å². The quantitative estimate of drug-likeness (QED) is 0.619. The van der Waals surface area contributed by atoms with Crippen LogP contribution < -0.4 is 15.8 Å². The van der Waals surface area contributed by atoms with Crippen LogP contribution in [0.15, 0.2) is 24.3 Å². The Hall–Kier alpha value is -1.71. The molecule has 0 aliphatic rings. The van der Waals surface area contributed by atoms with Crippen LogP contribution in [-0.4, -0.2) is 19.1 Å². The number of hydrogen-bond acceptors (Lipinski definition) is 3. The molecule has 0 aliphatic heterocycles. The minimum Gasteiger partial charge on any atom is -0.492 e. The number of benzene rings is 1. The molecular formula is C13H20N2O2. The van der Waals surface area contributed by atoms with Crippen LogP contribution in [-0.2, 0) is 4.79 Å². The second kappa shape index (κ2) is 5.57. The van der Waals surface area contributed by atoms with Gasteiger partial charge >= 0.3 is 0 Å². The lowest BCUT2D eigenvalue weighted by atomic mass is 9.96. The van der Waals surface area contributed by atoms with Crippen LogP contribution >= 0.6 is 0 Å². The predicted molar refractivity (Wildman–Crippen MR) is 68.8 cm³/mol. The van der Waals surface area contributed by atoms with Crippen molar-refractivity contribution < 1.29 is 9.53 Å². The summed E-state index contributed by atoms with van der Waals surface area (Å²) in [4.78, 5) is 11.5. The Morgan fingerprint density at radius 1 is 1.41 bits per heavy atom. The van der Waals surface area contributed by atoms with Crippen LogP contribution in [0.1, 0.15) is 20.8 Å². The fraction of sp³-hybridized carbons (Fsp3) is 0.462. The Kier molecular flexibility index (Phi) is 4.37. The van der Waals surface area contributed by atoms with Gasteiger partial charge in [0.1, 0.15) is 12.4 Å². The van der Waals surface area contributed by atoms with Crippen molar-refractivity contribution in [2.75, 3.05) is 18.9 Å². The summed E-state index contributed by atoms with van der Waals surface area (Å²) in [6, 6.07) is 7.22. The third-order valence-electron chi connectivity index (χ3n) is 2.20. The van der Waals surface area contributed by atoms with Gasteiger partial charge in [-0.15, -0.1) is 0 Å². The first-order valence-corrected chi connectivity index (χ1v) is 5.66. The number of nitrogens with one attached hydrogen (secondary N) is 1. The smallest absolute Gasteiger partial charge is 0.225 e. The van der Waals surface area contributed by atoms with Gasteiger partial charge in [-0.05, 0) is 12.1 Å². The van der Waals surface area contributed by atoms with Crippen molar-refractivity contribution in [1.82, 2.24) is 5.32 Å². The van der Waals surface area contributed by atoms with E-state index in [1.807, 2.05) is 32.9 Å². The molecule has 1 rings (SSSR count). The van der Waals surface area contributed by atoms with Crippen molar-refractivity contribution in [3.05, 3.63) is 24.3 Å². The van der Waals surface area contributed by atoms with E-state index < -0.39 is 0 Å². The standard InChI is InChI=1S/C13H20N2O2/c1-13(2,3)12(16)15-7-8-17-11-6-4-5-10(14)9-11/h4-6,9H,7-8,14H2,1-3H3,(H,15,16). The van der Waals surface area contributed by atoms with Gasteiger partial charge in [-0.3, -0.25) is 4.79 Å². The highest BCUT2D eigenvalue weighted by atomic mass is 16.5. The Balaban J connectivity index is 2.28. The summed E-state index contributed by atoms with van der Waals surface area (Å²) in [6.45, 7) is 6.55. The second-order valence-electron chi connectivity index (χ2n) is 4.93. The van der Waals surface area contributed by atoms with E-state index in [-0.39, 0.29) is 11.3 Å². The number of carbonyl (C=O) groups excluding carboxylic acids is 1. The van der Waals surface area contributed by atoms with E-state index in [0.29, 0.717) is 18.8 Å². The van der Waals surface area contributed by atoms with Gasteiger partial charge in [0.25, 0.3) is 0 Å². The van der Waals surface area contributed by atoms with Crippen LogP contribution in [0.4, 0.5) is 5.69 Å². The summed E-state index contributed by atoms with van der Waals surface area (Å²) in [5.41, 5.74) is 5.92. The topological polar surface area (TPSA) is 64.3 Å². The molecular weight excluding hydrogens is 216 g/mol. The number of amides is 1. The minimum absolute atomic E-state index is 0.0219. The van der Waals surface area contributed by atoms with Gasteiger partial charge in [-0.25, -0.2) is 0 Å². The van der Waals surface area contributed by atoms with Crippen LogP contribution in [0.3, 0.4) is 0 Å². The molecule has 0 radical (unpaired) electrons. The molecule has 4 heteroatoms. The highest BCUT2D eigenvalue weighted by Crippen LogP contribution is 2.14. The molecule has 3 N–H and O–H groups in total. The number of nitrogen functional groups attached to an aromatic ring is 1. The highest BCUT2D eigenvalue weighted by molar-refractivity contribution is 5.81. The molecule has 1 amide bonds. The van der Waals surface area contributed by atoms with Crippen molar-refractivity contribution in [1.29, 1.82) is 0 Å². The average Bonchev–Trinajstić information content (AvgIpc) is 2.23. The Morgan fingerprint density at radius 2 is 2.12 bits per heavy atom. The van der Waals surface area contributed by atoms with E-state index >= 15 is 0 Å². The zero-order valence-corrected chi connectivity index (χ0v) is 10.6. The minimum atomic E-state index is -0.364. The van der Waals surface area contributed by atoms with Gasteiger partial charge in [-0.1, -0.05) is 26.8 Å². The van der Waals surface area contributed by atoms with E-state index in [1.165, 1.54) is 0 Å². The number of rotatable bonds is 4. The van der Waals surface area contributed by atoms with Crippen LogP contribution in [0.2, 0.25) is 0 Å². The normalized spacial score (nSPS) is 11.0. The lowest BCUT2D eigenvalue weighted by molar-refractivity contribution is -0.128. The molecule has 4 nitrogen and oxygen atoms in total. The summed E-state index contributed by atoms with van der Waals surface area (Å²) in [5, 5.41) is 2.81. The highest BCUT2D eigenvalue weighted by Gasteiger charge is 2.20. The number of nitrogens with two attached hydrogens (primary N) is 1. The van der Waals surface area contributed by atoms with Gasteiger partial charge in [0, 0.05) is 17.2 Å². The number of ether oxygens (including phenoxy) is 1. The summed E-state index contributed by atoms with van der Waals surface area (Å²) < 4.78 is 5.46. The molecule has 94 valence electrons. The molecule has 0 bridgehead atoms. The first kappa shape index (κ1) is 13.4. The second-order valence-corrected chi connectivity index (χ2v) is 4.93. The van der Waals surface area contributed by atoms with E-state index in [0.717, 1.165) is 5.75 Å². The van der Waals surface area contributed by atoms with Crippen LogP contribution in [0, 0.1) is 5.41 Å². The van der Waals surface area contributed by atoms with E-state index in [9.17, 15) is 4.79 Å². The molecule has 0 aliphatic carbocycles. The average molecular weight is 236 g/mol. The molecule has 0 atom stereocenters. The lowest BCUT2D eigenvalue weighted by Crippen LogP contribution is -2.37. The molecule has 0 fully saturated rings. The van der Waals surface area contributed by atoms with E-state index in [4.69, 9.17) is 10.5 Å². The monoisotopic (exact) mass is 236 g/mol. The zero-order chi connectivity index (χ0) is 12.9. The zero-order valence-electron chi connectivity index (χ0n) is 10.6. The maximum Gasteiger partial charge on any atom is 0.225 e. The van der Waals surface area contributed by atoms with Crippen molar-refractivity contribution in [2.45, 2.75) is 20.8 Å². The van der Waals surface area contributed by atoms with Gasteiger partial charge < -0.3 is 15.8 Å². The van der Waals surface area contributed by atoms with Gasteiger partial charge in [0.15, 0.2) is 0 Å². The summed E-state index contributed by atoms with van der Waals surface area (Å²) in [7, 11) is 0. The SMILES string of the molecule is CC(C)(C)C(=O)NCCOc1cccc(N)c1. The Bertz CT molecular complexity index is 383. The summed E-state index contributed by atoms with van der Waals surface area (Å²) in [6.07, 6.45) is 0. The number of carbonyl (C=O) groups is 1. The van der Waals surface area contributed by atoms with Crippen molar-refractivity contribution in [2.24, 2.45) is 5.41 Å². The molecule has 0 aromatic heterocycles.